The van der Waals surface area contributed by atoms with Crippen LogP contribution < -0.4 is 15.8 Å². The van der Waals surface area contributed by atoms with Gasteiger partial charge in [-0.3, -0.25) is 4.79 Å². The number of nitrogens with one attached hydrogen (secondary N) is 1. The number of anilines is 1. The molecular formula is C13H20N2O3. The Morgan fingerprint density at radius 3 is 2.72 bits per heavy atom. The molecule has 0 aromatic heterocycles. The number of carbonyl (C=O) groups is 1. The summed E-state index contributed by atoms with van der Waals surface area (Å²) in [6.07, 6.45) is 0. The molecule has 0 fully saturated rings. The van der Waals surface area contributed by atoms with Crippen molar-refractivity contribution in [1.29, 1.82) is 0 Å². The van der Waals surface area contributed by atoms with Crippen molar-refractivity contribution in [2.24, 2.45) is 5.41 Å². The lowest BCUT2D eigenvalue weighted by atomic mass is 9.95. The number of benzene rings is 1. The number of aliphatic hydroxyl groups excluding tert-OH is 1. The van der Waals surface area contributed by atoms with Crippen LogP contribution in [0.3, 0.4) is 0 Å². The van der Waals surface area contributed by atoms with Crippen molar-refractivity contribution >= 4 is 11.6 Å². The zero-order valence-electron chi connectivity index (χ0n) is 11.0. The number of aliphatic hydroxyl groups is 1. The maximum atomic E-state index is 12.1. The molecule has 0 atom stereocenters. The third-order valence-electron chi connectivity index (χ3n) is 2.66. The molecule has 0 saturated heterocycles. The van der Waals surface area contributed by atoms with Crippen LogP contribution >= 0.6 is 0 Å². The third kappa shape index (κ3) is 3.37. The van der Waals surface area contributed by atoms with E-state index in [0.717, 1.165) is 0 Å². The summed E-state index contributed by atoms with van der Waals surface area (Å²) in [5.74, 6) is 0.140. The Bertz CT molecular complexity index is 430. The highest BCUT2D eigenvalue weighted by Crippen LogP contribution is 2.24. The van der Waals surface area contributed by atoms with Crippen LogP contribution in [0.4, 0.5) is 5.69 Å². The number of methoxy groups -OCH3 is 1. The Kier molecular flexibility index (Phi) is 4.55. The van der Waals surface area contributed by atoms with Gasteiger partial charge in [0.1, 0.15) is 11.3 Å². The summed E-state index contributed by atoms with van der Waals surface area (Å²) < 4.78 is 5.12. The van der Waals surface area contributed by atoms with E-state index in [0.29, 0.717) is 23.5 Å². The van der Waals surface area contributed by atoms with Crippen LogP contribution in [-0.2, 0) is 0 Å². The van der Waals surface area contributed by atoms with Crippen molar-refractivity contribution < 1.29 is 14.6 Å². The fourth-order valence-corrected chi connectivity index (χ4v) is 1.43. The van der Waals surface area contributed by atoms with Crippen molar-refractivity contribution in [2.75, 3.05) is 26.0 Å². The fraction of sp³-hybridized carbons (Fsp3) is 0.462. The van der Waals surface area contributed by atoms with E-state index in [1.807, 2.05) is 13.8 Å². The quantitative estimate of drug-likeness (QED) is 0.683. The molecule has 0 spiro atoms. The number of rotatable bonds is 5. The van der Waals surface area contributed by atoms with Gasteiger partial charge in [-0.1, -0.05) is 19.9 Å². The van der Waals surface area contributed by atoms with Gasteiger partial charge in [-0.25, -0.2) is 0 Å². The summed E-state index contributed by atoms with van der Waals surface area (Å²) in [4.78, 5) is 12.1. The molecule has 100 valence electrons. The lowest BCUT2D eigenvalue weighted by molar-refractivity contribution is 0.0909. The van der Waals surface area contributed by atoms with Crippen molar-refractivity contribution in [3.8, 4) is 5.75 Å². The van der Waals surface area contributed by atoms with E-state index in [1.54, 1.807) is 18.2 Å². The number of carbonyl (C=O) groups excluding carboxylic acids is 1. The molecule has 18 heavy (non-hydrogen) atoms. The van der Waals surface area contributed by atoms with Crippen molar-refractivity contribution in [1.82, 2.24) is 5.32 Å². The van der Waals surface area contributed by atoms with E-state index in [1.165, 1.54) is 7.11 Å². The first-order valence-electron chi connectivity index (χ1n) is 5.73. The summed E-state index contributed by atoms with van der Waals surface area (Å²) >= 11 is 0. The number of nitrogen functional groups attached to an aromatic ring is 1. The summed E-state index contributed by atoms with van der Waals surface area (Å²) in [7, 11) is 1.49. The highest BCUT2D eigenvalue weighted by Gasteiger charge is 2.20. The van der Waals surface area contributed by atoms with Crippen LogP contribution in [-0.4, -0.2) is 31.3 Å². The van der Waals surface area contributed by atoms with Crippen molar-refractivity contribution in [3.63, 3.8) is 0 Å². The van der Waals surface area contributed by atoms with E-state index in [9.17, 15) is 4.79 Å². The topological polar surface area (TPSA) is 84.6 Å². The summed E-state index contributed by atoms with van der Waals surface area (Å²) in [5.41, 5.74) is 6.11. The van der Waals surface area contributed by atoms with Gasteiger partial charge in [0.2, 0.25) is 0 Å². The molecule has 5 heteroatoms. The number of hydrogen-bond donors (Lipinski definition) is 3. The highest BCUT2D eigenvalue weighted by molar-refractivity contribution is 6.01. The predicted molar refractivity (Wildman–Crippen MR) is 70.6 cm³/mol. The van der Waals surface area contributed by atoms with Crippen LogP contribution in [0.1, 0.15) is 24.2 Å². The Balaban J connectivity index is 2.85. The second-order valence-corrected chi connectivity index (χ2v) is 4.93. The maximum Gasteiger partial charge on any atom is 0.257 e. The van der Waals surface area contributed by atoms with Crippen LogP contribution in [0.25, 0.3) is 0 Å². The van der Waals surface area contributed by atoms with Crippen molar-refractivity contribution in [2.45, 2.75) is 13.8 Å². The molecule has 1 aromatic carbocycles. The molecule has 0 unspecified atom stereocenters. The van der Waals surface area contributed by atoms with Crippen LogP contribution in [0.5, 0.6) is 5.75 Å². The zero-order chi connectivity index (χ0) is 13.8. The average Bonchev–Trinajstić information content (AvgIpc) is 2.35. The molecule has 1 rings (SSSR count). The maximum absolute atomic E-state index is 12.1. The largest absolute Gasteiger partial charge is 0.496 e. The van der Waals surface area contributed by atoms with Crippen LogP contribution in [0, 0.1) is 5.41 Å². The summed E-state index contributed by atoms with van der Waals surface area (Å²) in [6.45, 7) is 4.08. The van der Waals surface area contributed by atoms with Crippen molar-refractivity contribution in [3.05, 3.63) is 23.8 Å². The molecule has 0 aliphatic carbocycles. The second-order valence-electron chi connectivity index (χ2n) is 4.93. The molecule has 0 heterocycles. The first-order chi connectivity index (χ1) is 8.41. The van der Waals surface area contributed by atoms with E-state index in [-0.39, 0.29) is 17.9 Å². The minimum atomic E-state index is -0.369. The fourth-order valence-electron chi connectivity index (χ4n) is 1.43. The van der Waals surface area contributed by atoms with Gasteiger partial charge in [-0.2, -0.15) is 0 Å². The molecule has 5 nitrogen and oxygen atoms in total. The van der Waals surface area contributed by atoms with Gasteiger partial charge < -0.3 is 20.9 Å². The highest BCUT2D eigenvalue weighted by atomic mass is 16.5. The smallest absolute Gasteiger partial charge is 0.257 e. The minimum Gasteiger partial charge on any atom is -0.496 e. The van der Waals surface area contributed by atoms with Crippen LogP contribution in [0.2, 0.25) is 0 Å². The standard InChI is InChI=1S/C13H20N2O3/c1-13(2,8-16)7-15-12(17)11-9(14)5-4-6-10(11)18-3/h4-6,16H,7-8,14H2,1-3H3,(H,15,17). The average molecular weight is 252 g/mol. The van der Waals surface area contributed by atoms with Gasteiger partial charge in [0, 0.05) is 24.3 Å². The second kappa shape index (κ2) is 5.73. The Morgan fingerprint density at radius 2 is 2.17 bits per heavy atom. The lowest BCUT2D eigenvalue weighted by Crippen LogP contribution is -2.36. The third-order valence-corrected chi connectivity index (χ3v) is 2.66. The first kappa shape index (κ1) is 14.3. The van der Waals surface area contributed by atoms with Crippen LogP contribution in [0.15, 0.2) is 18.2 Å². The molecule has 0 saturated carbocycles. The SMILES string of the molecule is COc1cccc(N)c1C(=O)NCC(C)(C)CO. The first-order valence-corrected chi connectivity index (χ1v) is 5.73. The van der Waals surface area contributed by atoms with E-state index in [4.69, 9.17) is 15.6 Å². The Labute approximate surface area is 107 Å². The van der Waals surface area contributed by atoms with E-state index in [2.05, 4.69) is 5.32 Å². The molecule has 0 aliphatic rings. The van der Waals surface area contributed by atoms with Gasteiger partial charge in [-0.05, 0) is 12.1 Å². The molecule has 1 amide bonds. The van der Waals surface area contributed by atoms with Gasteiger partial charge in [0.15, 0.2) is 0 Å². The number of hydrogen-bond acceptors (Lipinski definition) is 4. The van der Waals surface area contributed by atoms with E-state index >= 15 is 0 Å². The Hall–Kier alpha value is -1.75. The number of amides is 1. The predicted octanol–water partition coefficient (Wildman–Crippen LogP) is 1.03. The van der Waals surface area contributed by atoms with E-state index < -0.39 is 0 Å². The summed E-state index contributed by atoms with van der Waals surface area (Å²) in [6, 6.07) is 5.06. The zero-order valence-corrected chi connectivity index (χ0v) is 11.0. The number of nitrogens with two attached hydrogens (primary N) is 1. The molecule has 1 aromatic rings. The normalized spacial score (nSPS) is 11.1. The minimum absolute atomic E-state index is 0.00527. The molecule has 0 aliphatic heterocycles. The van der Waals surface area contributed by atoms with Gasteiger partial charge in [0.25, 0.3) is 5.91 Å². The van der Waals surface area contributed by atoms with Gasteiger partial charge >= 0.3 is 0 Å². The Morgan fingerprint density at radius 1 is 1.50 bits per heavy atom. The van der Waals surface area contributed by atoms with Gasteiger partial charge in [0.05, 0.1) is 7.11 Å². The monoisotopic (exact) mass is 252 g/mol. The van der Waals surface area contributed by atoms with Gasteiger partial charge in [-0.15, -0.1) is 0 Å². The number of ether oxygens (including phenoxy) is 1. The molecule has 0 bridgehead atoms. The summed E-state index contributed by atoms with van der Waals surface area (Å²) in [5, 5.41) is 11.9. The molecule has 4 N–H and O–H groups in total. The lowest BCUT2D eigenvalue weighted by Gasteiger charge is -2.22. The molecule has 0 radical (unpaired) electrons. The molecular weight excluding hydrogens is 232 g/mol.